The maximum atomic E-state index is 10.9. The van der Waals surface area contributed by atoms with Crippen molar-refractivity contribution in [2.75, 3.05) is 19.7 Å². The molecule has 0 spiro atoms. The molecule has 1 saturated heterocycles. The highest BCUT2D eigenvalue weighted by molar-refractivity contribution is 5.78. The van der Waals surface area contributed by atoms with Gasteiger partial charge in [0.1, 0.15) is 0 Å². The van der Waals surface area contributed by atoms with Crippen LogP contribution in [0, 0.1) is 0 Å². The lowest BCUT2D eigenvalue weighted by Gasteiger charge is -2.22. The van der Waals surface area contributed by atoms with E-state index in [1.807, 2.05) is 6.92 Å². The van der Waals surface area contributed by atoms with Crippen LogP contribution < -0.4 is 5.32 Å². The molecule has 1 unspecified atom stereocenters. The first-order chi connectivity index (χ1) is 5.71. The molecule has 0 amide bonds. The summed E-state index contributed by atoms with van der Waals surface area (Å²) in [6.07, 6.45) is 1.43. The van der Waals surface area contributed by atoms with Gasteiger partial charge in [-0.25, -0.2) is 4.79 Å². The third kappa shape index (κ3) is 1.76. The van der Waals surface area contributed by atoms with Gasteiger partial charge in [-0.05, 0) is 13.0 Å². The standard InChI is InChI=1S/C8H15NO3/c1-2-5-12-8(7(10)11)3-4-9-6-8/h9H,2-6H2,1H3,(H,10,11). The number of carboxylic acids is 1. The zero-order valence-corrected chi connectivity index (χ0v) is 7.30. The van der Waals surface area contributed by atoms with Crippen molar-refractivity contribution in [2.24, 2.45) is 0 Å². The summed E-state index contributed by atoms with van der Waals surface area (Å²) in [5.41, 5.74) is -0.948. The summed E-state index contributed by atoms with van der Waals surface area (Å²) in [5.74, 6) is -0.846. The second-order valence-electron chi connectivity index (χ2n) is 3.07. The van der Waals surface area contributed by atoms with Crippen LogP contribution in [0.5, 0.6) is 0 Å². The highest BCUT2D eigenvalue weighted by Crippen LogP contribution is 2.20. The fourth-order valence-corrected chi connectivity index (χ4v) is 1.33. The second kappa shape index (κ2) is 3.87. The number of carbonyl (C=O) groups is 1. The lowest BCUT2D eigenvalue weighted by Crippen LogP contribution is -2.43. The summed E-state index contributed by atoms with van der Waals surface area (Å²) >= 11 is 0. The van der Waals surface area contributed by atoms with Gasteiger partial charge < -0.3 is 15.2 Å². The average molecular weight is 173 g/mol. The first-order valence-electron chi connectivity index (χ1n) is 4.29. The van der Waals surface area contributed by atoms with E-state index in [4.69, 9.17) is 9.84 Å². The van der Waals surface area contributed by atoms with Gasteiger partial charge in [-0.3, -0.25) is 0 Å². The van der Waals surface area contributed by atoms with Crippen LogP contribution in [0.1, 0.15) is 19.8 Å². The van der Waals surface area contributed by atoms with Crippen LogP contribution in [-0.2, 0) is 9.53 Å². The maximum absolute atomic E-state index is 10.9. The summed E-state index contributed by atoms with van der Waals surface area (Å²) in [7, 11) is 0. The van der Waals surface area contributed by atoms with Gasteiger partial charge in [-0.2, -0.15) is 0 Å². The number of nitrogens with one attached hydrogen (secondary N) is 1. The van der Waals surface area contributed by atoms with E-state index >= 15 is 0 Å². The van der Waals surface area contributed by atoms with Crippen molar-refractivity contribution in [3.8, 4) is 0 Å². The lowest BCUT2D eigenvalue weighted by molar-refractivity contribution is -0.163. The Morgan fingerprint density at radius 3 is 2.92 bits per heavy atom. The molecule has 1 atom stereocenters. The van der Waals surface area contributed by atoms with Gasteiger partial charge in [0, 0.05) is 19.6 Å². The average Bonchev–Trinajstić information content (AvgIpc) is 2.50. The molecular formula is C8H15NO3. The van der Waals surface area contributed by atoms with E-state index in [0.29, 0.717) is 19.6 Å². The number of rotatable bonds is 4. The summed E-state index contributed by atoms with van der Waals surface area (Å²) in [4.78, 5) is 10.9. The summed E-state index contributed by atoms with van der Waals surface area (Å²) in [6, 6.07) is 0. The van der Waals surface area contributed by atoms with Crippen LogP contribution in [-0.4, -0.2) is 36.4 Å². The molecule has 0 bridgehead atoms. The molecule has 0 aromatic heterocycles. The van der Waals surface area contributed by atoms with Crippen molar-refractivity contribution in [2.45, 2.75) is 25.4 Å². The van der Waals surface area contributed by atoms with E-state index in [1.54, 1.807) is 0 Å². The minimum atomic E-state index is -0.948. The number of aliphatic carboxylic acids is 1. The summed E-state index contributed by atoms with van der Waals surface area (Å²) in [6.45, 7) is 3.66. The molecule has 0 aromatic carbocycles. The molecular weight excluding hydrogens is 158 g/mol. The summed E-state index contributed by atoms with van der Waals surface area (Å²) in [5, 5.41) is 11.9. The van der Waals surface area contributed by atoms with Gasteiger partial charge in [0.15, 0.2) is 5.60 Å². The van der Waals surface area contributed by atoms with E-state index in [-0.39, 0.29) is 0 Å². The van der Waals surface area contributed by atoms with Crippen molar-refractivity contribution < 1.29 is 14.6 Å². The van der Waals surface area contributed by atoms with Crippen molar-refractivity contribution in [1.29, 1.82) is 0 Å². The third-order valence-corrected chi connectivity index (χ3v) is 2.09. The van der Waals surface area contributed by atoms with Crippen LogP contribution in [0.4, 0.5) is 0 Å². The second-order valence-corrected chi connectivity index (χ2v) is 3.07. The van der Waals surface area contributed by atoms with E-state index in [2.05, 4.69) is 5.32 Å². The van der Waals surface area contributed by atoms with Crippen LogP contribution in [0.3, 0.4) is 0 Å². The molecule has 12 heavy (non-hydrogen) atoms. The molecule has 0 aliphatic carbocycles. The van der Waals surface area contributed by atoms with Crippen LogP contribution in [0.2, 0.25) is 0 Å². The van der Waals surface area contributed by atoms with Gasteiger partial charge >= 0.3 is 5.97 Å². The molecule has 4 nitrogen and oxygen atoms in total. The molecule has 0 aromatic rings. The Kier molecular flexibility index (Phi) is 3.05. The van der Waals surface area contributed by atoms with Gasteiger partial charge in [0.2, 0.25) is 0 Å². The largest absolute Gasteiger partial charge is 0.479 e. The predicted molar refractivity (Wildman–Crippen MR) is 44.1 cm³/mol. The molecule has 1 fully saturated rings. The normalized spacial score (nSPS) is 29.1. The number of carboxylic acid groups (broad SMARTS) is 1. The van der Waals surface area contributed by atoms with Crippen LogP contribution in [0.25, 0.3) is 0 Å². The monoisotopic (exact) mass is 173 g/mol. The van der Waals surface area contributed by atoms with Gasteiger partial charge in [0.05, 0.1) is 0 Å². The highest BCUT2D eigenvalue weighted by atomic mass is 16.5. The molecule has 4 heteroatoms. The van der Waals surface area contributed by atoms with E-state index in [1.165, 1.54) is 0 Å². The Balaban J connectivity index is 2.53. The zero-order chi connectivity index (χ0) is 9.03. The van der Waals surface area contributed by atoms with Crippen molar-refractivity contribution in [3.63, 3.8) is 0 Å². The number of hydrogen-bond acceptors (Lipinski definition) is 3. The topological polar surface area (TPSA) is 58.6 Å². The number of hydrogen-bond donors (Lipinski definition) is 2. The minimum Gasteiger partial charge on any atom is -0.479 e. The Morgan fingerprint density at radius 2 is 2.50 bits per heavy atom. The molecule has 70 valence electrons. The Hall–Kier alpha value is -0.610. The number of ether oxygens (including phenoxy) is 1. The Morgan fingerprint density at radius 1 is 1.75 bits per heavy atom. The van der Waals surface area contributed by atoms with E-state index in [0.717, 1.165) is 13.0 Å². The molecule has 1 aliphatic heterocycles. The molecule has 0 saturated carbocycles. The Bertz CT molecular complexity index is 164. The van der Waals surface area contributed by atoms with Gasteiger partial charge in [-0.15, -0.1) is 0 Å². The molecule has 0 radical (unpaired) electrons. The first kappa shape index (κ1) is 9.48. The van der Waals surface area contributed by atoms with Crippen LogP contribution in [0.15, 0.2) is 0 Å². The quantitative estimate of drug-likeness (QED) is 0.639. The van der Waals surface area contributed by atoms with Crippen molar-refractivity contribution >= 4 is 5.97 Å². The lowest BCUT2D eigenvalue weighted by atomic mass is 10.0. The Labute approximate surface area is 71.9 Å². The molecule has 1 rings (SSSR count). The predicted octanol–water partition coefficient (Wildman–Crippen LogP) is 0.230. The summed E-state index contributed by atoms with van der Waals surface area (Å²) < 4.78 is 5.34. The third-order valence-electron chi connectivity index (χ3n) is 2.09. The smallest absolute Gasteiger partial charge is 0.337 e. The first-order valence-corrected chi connectivity index (χ1v) is 4.29. The van der Waals surface area contributed by atoms with E-state index < -0.39 is 11.6 Å². The fourth-order valence-electron chi connectivity index (χ4n) is 1.33. The fraction of sp³-hybridized carbons (Fsp3) is 0.875. The molecule has 1 aliphatic rings. The molecule has 2 N–H and O–H groups in total. The highest BCUT2D eigenvalue weighted by Gasteiger charge is 2.42. The van der Waals surface area contributed by atoms with E-state index in [9.17, 15) is 4.79 Å². The maximum Gasteiger partial charge on any atom is 0.337 e. The SMILES string of the molecule is CCCOC1(C(=O)O)CCNC1. The van der Waals surface area contributed by atoms with Crippen LogP contribution >= 0.6 is 0 Å². The minimum absolute atomic E-state index is 0.433. The van der Waals surface area contributed by atoms with Gasteiger partial charge in [-0.1, -0.05) is 6.92 Å². The zero-order valence-electron chi connectivity index (χ0n) is 7.30. The van der Waals surface area contributed by atoms with Crippen molar-refractivity contribution in [3.05, 3.63) is 0 Å². The van der Waals surface area contributed by atoms with Crippen molar-refractivity contribution in [1.82, 2.24) is 5.32 Å². The van der Waals surface area contributed by atoms with Gasteiger partial charge in [0.25, 0.3) is 0 Å². The molecule has 1 heterocycles.